The van der Waals surface area contributed by atoms with E-state index in [9.17, 15) is 4.79 Å². The van der Waals surface area contributed by atoms with Gasteiger partial charge in [-0.2, -0.15) is 4.98 Å². The van der Waals surface area contributed by atoms with E-state index in [2.05, 4.69) is 71.7 Å². The van der Waals surface area contributed by atoms with Crippen molar-refractivity contribution in [3.8, 4) is 56.0 Å². The Morgan fingerprint density at radius 1 is 0.417 bits per heavy atom. The van der Waals surface area contributed by atoms with Crippen molar-refractivity contribution in [1.29, 1.82) is 0 Å². The third kappa shape index (κ3) is 4.86. The first-order valence-corrected chi connectivity index (χ1v) is 15.9. The van der Waals surface area contributed by atoms with E-state index >= 15 is 0 Å². The Labute approximate surface area is 276 Å². The number of fused-ring (bicyclic) bond motifs is 4. The van der Waals surface area contributed by atoms with Gasteiger partial charge in [0.15, 0.2) is 5.82 Å². The Morgan fingerprint density at radius 2 is 1.00 bits per heavy atom. The van der Waals surface area contributed by atoms with E-state index in [1.54, 1.807) is 4.40 Å². The molecule has 0 unspecified atom stereocenters. The van der Waals surface area contributed by atoms with Gasteiger partial charge in [0.25, 0.3) is 0 Å². The number of pyridine rings is 1. The highest BCUT2D eigenvalue weighted by Gasteiger charge is 2.16. The highest BCUT2D eigenvalue weighted by molar-refractivity contribution is 6.05. The molecule has 3 aromatic heterocycles. The molecule has 5 heteroatoms. The van der Waals surface area contributed by atoms with Crippen molar-refractivity contribution in [3.05, 3.63) is 174 Å². The molecule has 0 amide bonds. The summed E-state index contributed by atoms with van der Waals surface area (Å²) in [7, 11) is 0. The normalized spacial score (nSPS) is 11.4. The van der Waals surface area contributed by atoms with Gasteiger partial charge in [-0.05, 0) is 81.4 Å². The van der Waals surface area contributed by atoms with Crippen molar-refractivity contribution < 1.29 is 4.42 Å². The van der Waals surface area contributed by atoms with Gasteiger partial charge in [-0.3, -0.25) is 0 Å². The second-order valence-electron chi connectivity index (χ2n) is 11.9. The molecule has 0 aliphatic rings. The maximum absolute atomic E-state index is 14.0. The molecule has 0 N–H and O–H groups in total. The second kappa shape index (κ2) is 11.3. The Bertz CT molecular complexity index is 2690. The lowest BCUT2D eigenvalue weighted by molar-refractivity contribution is 0.669. The molecule has 48 heavy (non-hydrogen) atoms. The standard InChI is InChI=1S/C43H27N3O2/c47-43-45-42(34-21-22-37-36-19-7-8-20-39(36)48-40(37)26-34)44-41-27-35(32-17-9-15-30(23-32)28-11-3-1-4-12-28)25-38(46(41)43)33-18-10-16-31(24-33)29-13-5-2-6-14-29/h1-27H. The Kier molecular flexibility index (Phi) is 6.54. The van der Waals surface area contributed by atoms with Crippen LogP contribution in [0.3, 0.4) is 0 Å². The molecule has 5 nitrogen and oxygen atoms in total. The van der Waals surface area contributed by atoms with E-state index in [0.717, 1.165) is 66.6 Å². The number of furan rings is 1. The van der Waals surface area contributed by atoms with Crippen molar-refractivity contribution in [1.82, 2.24) is 14.4 Å². The molecular formula is C43H27N3O2. The molecular weight excluding hydrogens is 590 g/mol. The smallest absolute Gasteiger partial charge is 0.355 e. The molecule has 0 fully saturated rings. The van der Waals surface area contributed by atoms with Crippen LogP contribution in [0.25, 0.3) is 83.6 Å². The first kappa shape index (κ1) is 27.7. The van der Waals surface area contributed by atoms with Gasteiger partial charge in [0, 0.05) is 16.3 Å². The zero-order valence-electron chi connectivity index (χ0n) is 25.7. The van der Waals surface area contributed by atoms with E-state index in [4.69, 9.17) is 9.40 Å². The summed E-state index contributed by atoms with van der Waals surface area (Å²) in [4.78, 5) is 23.5. The first-order valence-electron chi connectivity index (χ1n) is 15.9. The van der Waals surface area contributed by atoms with Gasteiger partial charge in [0.1, 0.15) is 16.8 Å². The lowest BCUT2D eigenvalue weighted by atomic mass is 9.97. The van der Waals surface area contributed by atoms with Gasteiger partial charge in [0.2, 0.25) is 0 Å². The summed E-state index contributed by atoms with van der Waals surface area (Å²) in [6.45, 7) is 0. The third-order valence-electron chi connectivity index (χ3n) is 8.87. The molecule has 9 aromatic rings. The zero-order chi connectivity index (χ0) is 32.0. The van der Waals surface area contributed by atoms with Gasteiger partial charge in [0.05, 0.1) is 5.69 Å². The van der Waals surface area contributed by atoms with Crippen molar-refractivity contribution >= 4 is 27.6 Å². The van der Waals surface area contributed by atoms with Crippen LogP contribution in [0.5, 0.6) is 0 Å². The summed E-state index contributed by atoms with van der Waals surface area (Å²) in [6.07, 6.45) is 0. The second-order valence-corrected chi connectivity index (χ2v) is 11.9. The fourth-order valence-corrected chi connectivity index (χ4v) is 6.51. The zero-order valence-corrected chi connectivity index (χ0v) is 25.7. The average molecular weight is 618 g/mol. The van der Waals surface area contributed by atoms with Crippen LogP contribution in [-0.2, 0) is 0 Å². The fourth-order valence-electron chi connectivity index (χ4n) is 6.51. The molecule has 0 aliphatic heterocycles. The number of hydrogen-bond acceptors (Lipinski definition) is 4. The maximum atomic E-state index is 14.0. The number of hydrogen-bond donors (Lipinski definition) is 0. The van der Waals surface area contributed by atoms with Crippen LogP contribution in [0.1, 0.15) is 0 Å². The van der Waals surface area contributed by atoms with Gasteiger partial charge in [-0.1, -0.05) is 121 Å². The van der Waals surface area contributed by atoms with Crippen molar-refractivity contribution in [2.24, 2.45) is 0 Å². The summed E-state index contributed by atoms with van der Waals surface area (Å²) < 4.78 is 7.75. The molecule has 0 saturated heterocycles. The third-order valence-corrected chi connectivity index (χ3v) is 8.87. The van der Waals surface area contributed by atoms with E-state index in [1.165, 1.54) is 0 Å². The molecule has 0 atom stereocenters. The summed E-state index contributed by atoms with van der Waals surface area (Å²) in [5.41, 5.74) is 10.4. The first-order chi connectivity index (χ1) is 23.7. The molecule has 0 spiro atoms. The molecule has 3 heterocycles. The van der Waals surface area contributed by atoms with Crippen molar-refractivity contribution in [2.45, 2.75) is 0 Å². The van der Waals surface area contributed by atoms with Gasteiger partial charge >= 0.3 is 5.69 Å². The Balaban J connectivity index is 1.25. The largest absolute Gasteiger partial charge is 0.456 e. The molecule has 226 valence electrons. The Hall–Kier alpha value is -6.59. The quantitative estimate of drug-likeness (QED) is 0.193. The average Bonchev–Trinajstić information content (AvgIpc) is 3.53. The SMILES string of the molecule is O=c1nc(-c2ccc3c(c2)oc2ccccc23)nc2cc(-c3cccc(-c4ccccc4)c3)cc(-c3cccc(-c4ccccc4)c3)n12. The number of nitrogens with zero attached hydrogens (tertiary/aromatic N) is 3. The van der Waals surface area contributed by atoms with Gasteiger partial charge in [-0.25, -0.2) is 14.2 Å². The van der Waals surface area contributed by atoms with Crippen LogP contribution < -0.4 is 5.69 Å². The summed E-state index contributed by atoms with van der Waals surface area (Å²) in [5, 5.41) is 2.05. The minimum atomic E-state index is -0.399. The highest BCUT2D eigenvalue weighted by atomic mass is 16.3. The summed E-state index contributed by atoms with van der Waals surface area (Å²) >= 11 is 0. The van der Waals surface area contributed by atoms with E-state index in [0.29, 0.717) is 17.0 Å². The topological polar surface area (TPSA) is 60.4 Å². The van der Waals surface area contributed by atoms with Gasteiger partial charge in [-0.15, -0.1) is 0 Å². The van der Waals surface area contributed by atoms with Crippen LogP contribution >= 0.6 is 0 Å². The Morgan fingerprint density at radius 3 is 1.73 bits per heavy atom. The minimum Gasteiger partial charge on any atom is -0.456 e. The van der Waals surface area contributed by atoms with E-state index in [1.807, 2.05) is 97.1 Å². The van der Waals surface area contributed by atoms with Crippen LogP contribution in [0, 0.1) is 0 Å². The van der Waals surface area contributed by atoms with Crippen LogP contribution in [0.2, 0.25) is 0 Å². The molecule has 6 aromatic carbocycles. The van der Waals surface area contributed by atoms with Gasteiger partial charge < -0.3 is 4.42 Å². The van der Waals surface area contributed by atoms with E-state index < -0.39 is 5.69 Å². The summed E-state index contributed by atoms with van der Waals surface area (Å²) in [5.74, 6) is 0.349. The van der Waals surface area contributed by atoms with Crippen LogP contribution in [0.15, 0.2) is 173 Å². The molecule has 0 saturated carbocycles. The van der Waals surface area contributed by atoms with E-state index in [-0.39, 0.29) is 0 Å². The maximum Gasteiger partial charge on any atom is 0.355 e. The van der Waals surface area contributed by atoms with Crippen LogP contribution in [-0.4, -0.2) is 14.4 Å². The predicted octanol–water partition coefficient (Wildman–Crippen LogP) is 10.3. The number of benzene rings is 6. The van der Waals surface area contributed by atoms with Crippen molar-refractivity contribution in [2.75, 3.05) is 0 Å². The number of rotatable bonds is 5. The molecule has 0 aliphatic carbocycles. The highest BCUT2D eigenvalue weighted by Crippen LogP contribution is 2.34. The van der Waals surface area contributed by atoms with Crippen LogP contribution in [0.4, 0.5) is 0 Å². The molecule has 0 radical (unpaired) electrons. The van der Waals surface area contributed by atoms with Crippen molar-refractivity contribution in [3.63, 3.8) is 0 Å². The minimum absolute atomic E-state index is 0.349. The lowest BCUT2D eigenvalue weighted by Gasteiger charge is -2.14. The lowest BCUT2D eigenvalue weighted by Crippen LogP contribution is -2.21. The predicted molar refractivity (Wildman–Crippen MR) is 194 cm³/mol. The molecule has 0 bridgehead atoms. The number of aromatic nitrogens is 3. The fraction of sp³-hybridized carbons (Fsp3) is 0. The number of para-hydroxylation sites is 1. The summed E-state index contributed by atoms with van der Waals surface area (Å²) in [6, 6.07) is 55.1. The molecule has 9 rings (SSSR count). The monoisotopic (exact) mass is 617 g/mol.